The van der Waals surface area contributed by atoms with Crippen LogP contribution in [0.2, 0.25) is 0 Å². The minimum atomic E-state index is -0.463. The van der Waals surface area contributed by atoms with E-state index in [-0.39, 0.29) is 0 Å². The van der Waals surface area contributed by atoms with E-state index in [1.54, 1.807) is 0 Å². The Morgan fingerprint density at radius 1 is 1.29 bits per heavy atom. The average molecular weight is 230 g/mol. The lowest BCUT2D eigenvalue weighted by Crippen LogP contribution is -2.46. The topological polar surface area (TPSA) is 46.3 Å². The van der Waals surface area contributed by atoms with Crippen molar-refractivity contribution in [3.8, 4) is 0 Å². The van der Waals surface area contributed by atoms with E-state index in [1.807, 2.05) is 23.1 Å². The fourth-order valence-corrected chi connectivity index (χ4v) is 2.17. The predicted octanol–water partition coefficient (Wildman–Crippen LogP) is 1.65. The average Bonchev–Trinajstić information content (AvgIpc) is 2.39. The molecule has 1 aromatic carbocycles. The monoisotopic (exact) mass is 230 g/mol. The van der Waals surface area contributed by atoms with Gasteiger partial charge in [-0.15, -0.1) is 0 Å². The molecule has 1 saturated heterocycles. The van der Waals surface area contributed by atoms with Crippen LogP contribution in [0.1, 0.15) is 18.4 Å². The zero-order valence-electron chi connectivity index (χ0n) is 9.88. The van der Waals surface area contributed by atoms with Crippen molar-refractivity contribution in [1.29, 1.82) is 0 Å². The smallest absolute Gasteiger partial charge is 0.151 e. The van der Waals surface area contributed by atoms with Crippen LogP contribution in [-0.2, 0) is 4.79 Å². The van der Waals surface area contributed by atoms with Gasteiger partial charge in [-0.3, -0.25) is 4.90 Å². The van der Waals surface area contributed by atoms with E-state index in [4.69, 9.17) is 5.73 Å². The first-order valence-corrected chi connectivity index (χ1v) is 5.99. The van der Waals surface area contributed by atoms with E-state index in [2.05, 4.69) is 18.2 Å². The summed E-state index contributed by atoms with van der Waals surface area (Å²) in [7, 11) is 0. The van der Waals surface area contributed by atoms with E-state index in [1.165, 1.54) is 11.1 Å². The summed E-state index contributed by atoms with van der Waals surface area (Å²) in [4.78, 5) is 12.7. The van der Waals surface area contributed by atoms with Crippen LogP contribution < -0.4 is 5.73 Å². The fraction of sp³-hybridized carbons (Fsp3) is 0.357. The lowest BCUT2D eigenvalue weighted by molar-refractivity contribution is -0.112. The molecule has 1 atom stereocenters. The molecule has 0 amide bonds. The molecular weight excluding hydrogens is 212 g/mol. The second-order valence-electron chi connectivity index (χ2n) is 4.41. The van der Waals surface area contributed by atoms with Crippen LogP contribution in [0.5, 0.6) is 0 Å². The number of hydrogen-bond acceptors (Lipinski definition) is 3. The number of likely N-dealkylation sites (tertiary alicyclic amines) is 1. The number of aldehydes is 1. The molecule has 1 unspecified atom stereocenters. The molecule has 17 heavy (non-hydrogen) atoms. The van der Waals surface area contributed by atoms with Crippen molar-refractivity contribution in [2.45, 2.75) is 19.0 Å². The highest BCUT2D eigenvalue weighted by Gasteiger charge is 2.18. The number of piperidine rings is 1. The third kappa shape index (κ3) is 3.25. The Morgan fingerprint density at radius 3 is 2.76 bits per heavy atom. The first-order valence-electron chi connectivity index (χ1n) is 5.99. The third-order valence-corrected chi connectivity index (χ3v) is 3.08. The van der Waals surface area contributed by atoms with Gasteiger partial charge in [0.25, 0.3) is 0 Å². The lowest BCUT2D eigenvalue weighted by Gasteiger charge is -2.30. The Morgan fingerprint density at radius 2 is 2.06 bits per heavy atom. The SMILES string of the molecule is NC(C=O)N1CCCC(=Cc2ccccc2)C1. The van der Waals surface area contributed by atoms with Crippen molar-refractivity contribution in [3.63, 3.8) is 0 Å². The van der Waals surface area contributed by atoms with Gasteiger partial charge in [0.05, 0.1) is 0 Å². The van der Waals surface area contributed by atoms with Crippen LogP contribution in [-0.4, -0.2) is 30.4 Å². The number of carbonyl (C=O) groups excluding carboxylic acids is 1. The van der Waals surface area contributed by atoms with Gasteiger partial charge in [0.15, 0.2) is 6.29 Å². The summed E-state index contributed by atoms with van der Waals surface area (Å²) in [5.74, 6) is 0. The molecule has 1 aliphatic heterocycles. The first kappa shape index (κ1) is 12.0. The van der Waals surface area contributed by atoms with Gasteiger partial charge >= 0.3 is 0 Å². The molecule has 0 aliphatic carbocycles. The Balaban J connectivity index is 2.07. The molecule has 3 heteroatoms. The zero-order chi connectivity index (χ0) is 12.1. The van der Waals surface area contributed by atoms with Crippen LogP contribution in [0.25, 0.3) is 6.08 Å². The molecule has 1 aliphatic rings. The number of hydrogen-bond donors (Lipinski definition) is 1. The highest BCUT2D eigenvalue weighted by Crippen LogP contribution is 2.18. The van der Waals surface area contributed by atoms with Crippen molar-refractivity contribution in [2.75, 3.05) is 13.1 Å². The number of nitrogens with zero attached hydrogens (tertiary/aromatic N) is 1. The molecule has 90 valence electrons. The zero-order valence-corrected chi connectivity index (χ0v) is 9.88. The Bertz CT molecular complexity index is 400. The van der Waals surface area contributed by atoms with Crippen LogP contribution >= 0.6 is 0 Å². The van der Waals surface area contributed by atoms with Gasteiger partial charge in [-0.2, -0.15) is 0 Å². The Hall–Kier alpha value is -1.45. The summed E-state index contributed by atoms with van der Waals surface area (Å²) in [6, 6.07) is 10.3. The van der Waals surface area contributed by atoms with Crippen molar-refractivity contribution in [3.05, 3.63) is 41.5 Å². The summed E-state index contributed by atoms with van der Waals surface area (Å²) in [6.07, 6.45) is 4.71. The van der Waals surface area contributed by atoms with E-state index in [9.17, 15) is 4.79 Å². The van der Waals surface area contributed by atoms with Crippen molar-refractivity contribution in [1.82, 2.24) is 4.90 Å². The van der Waals surface area contributed by atoms with Gasteiger partial charge in [-0.25, -0.2) is 0 Å². The molecule has 0 aromatic heterocycles. The molecule has 3 nitrogen and oxygen atoms in total. The maximum absolute atomic E-state index is 10.7. The molecular formula is C14H18N2O. The summed E-state index contributed by atoms with van der Waals surface area (Å²) in [5, 5.41) is 0. The number of rotatable bonds is 3. The van der Waals surface area contributed by atoms with Crippen molar-refractivity contribution < 1.29 is 4.79 Å². The second kappa shape index (κ2) is 5.75. The van der Waals surface area contributed by atoms with E-state index >= 15 is 0 Å². The van der Waals surface area contributed by atoms with E-state index in [0.29, 0.717) is 0 Å². The maximum atomic E-state index is 10.7. The highest BCUT2D eigenvalue weighted by molar-refractivity contribution is 5.57. The van der Waals surface area contributed by atoms with Crippen molar-refractivity contribution in [2.24, 2.45) is 5.73 Å². The van der Waals surface area contributed by atoms with Crippen LogP contribution in [0.4, 0.5) is 0 Å². The molecule has 0 radical (unpaired) electrons. The standard InChI is InChI=1S/C14H18N2O/c15-14(11-17)16-8-4-7-13(10-16)9-12-5-2-1-3-6-12/h1-3,5-6,9,11,14H,4,7-8,10,15H2. The van der Waals surface area contributed by atoms with Crippen LogP contribution in [0, 0.1) is 0 Å². The van der Waals surface area contributed by atoms with Gasteiger partial charge in [0.1, 0.15) is 6.17 Å². The Labute approximate surface area is 102 Å². The van der Waals surface area contributed by atoms with Gasteiger partial charge in [0.2, 0.25) is 0 Å². The predicted molar refractivity (Wildman–Crippen MR) is 69.3 cm³/mol. The molecule has 2 N–H and O–H groups in total. The summed E-state index contributed by atoms with van der Waals surface area (Å²) >= 11 is 0. The summed E-state index contributed by atoms with van der Waals surface area (Å²) in [5.41, 5.74) is 8.29. The number of carbonyl (C=O) groups is 1. The largest absolute Gasteiger partial charge is 0.310 e. The van der Waals surface area contributed by atoms with Gasteiger partial charge < -0.3 is 10.5 Å². The van der Waals surface area contributed by atoms with Crippen LogP contribution in [0.3, 0.4) is 0 Å². The van der Waals surface area contributed by atoms with E-state index < -0.39 is 6.17 Å². The quantitative estimate of drug-likeness (QED) is 0.803. The number of benzene rings is 1. The lowest BCUT2D eigenvalue weighted by atomic mass is 10.0. The molecule has 0 bridgehead atoms. The normalized spacial score (nSPS) is 21.4. The van der Waals surface area contributed by atoms with Gasteiger partial charge in [-0.05, 0) is 18.4 Å². The molecule has 1 aromatic rings. The van der Waals surface area contributed by atoms with Crippen molar-refractivity contribution >= 4 is 12.4 Å². The maximum Gasteiger partial charge on any atom is 0.151 e. The fourth-order valence-electron chi connectivity index (χ4n) is 2.17. The second-order valence-corrected chi connectivity index (χ2v) is 4.41. The highest BCUT2D eigenvalue weighted by atomic mass is 16.1. The molecule has 1 heterocycles. The minimum absolute atomic E-state index is 0.463. The Kier molecular flexibility index (Phi) is 4.07. The molecule has 0 saturated carbocycles. The third-order valence-electron chi connectivity index (χ3n) is 3.08. The summed E-state index contributed by atoms with van der Waals surface area (Å²) in [6.45, 7) is 1.71. The summed E-state index contributed by atoms with van der Waals surface area (Å²) < 4.78 is 0. The number of nitrogens with two attached hydrogens (primary N) is 1. The minimum Gasteiger partial charge on any atom is -0.310 e. The van der Waals surface area contributed by atoms with Crippen LogP contribution in [0.15, 0.2) is 35.9 Å². The van der Waals surface area contributed by atoms with Gasteiger partial charge in [-0.1, -0.05) is 42.0 Å². The molecule has 0 spiro atoms. The first-order chi connectivity index (χ1) is 8.29. The van der Waals surface area contributed by atoms with E-state index in [0.717, 1.165) is 32.2 Å². The van der Waals surface area contributed by atoms with Gasteiger partial charge in [0, 0.05) is 13.1 Å². The molecule has 2 rings (SSSR count). The molecule has 1 fully saturated rings.